The number of nitrogens with zero attached hydrogens (tertiary/aromatic N) is 1. The number of benzene rings is 1. The largest absolute Gasteiger partial charge is 0.388 e. The summed E-state index contributed by atoms with van der Waals surface area (Å²) in [5, 5.41) is 29.2. The number of aliphatic hydroxyl groups excluding tert-OH is 2. The van der Waals surface area contributed by atoms with E-state index in [9.17, 15) is 15.0 Å². The molecule has 3 saturated heterocycles. The Morgan fingerprint density at radius 2 is 1.91 bits per heavy atom. The monoisotopic (exact) mass is 459 g/mol. The zero-order chi connectivity index (χ0) is 23.6. The highest BCUT2D eigenvalue weighted by atomic mass is 16.6. The number of rotatable bonds is 6. The van der Waals surface area contributed by atoms with Gasteiger partial charge in [0, 0.05) is 18.5 Å². The van der Waals surface area contributed by atoms with E-state index in [4.69, 9.17) is 4.74 Å². The molecule has 33 heavy (non-hydrogen) atoms. The number of likely N-dealkylation sites (N-methyl/N-ethyl adjacent to an activating group) is 1. The average Bonchev–Trinajstić information content (AvgIpc) is 2.90. The molecule has 0 saturated carbocycles. The molecule has 184 valence electrons. The molecule has 1 amide bonds. The Labute approximate surface area is 197 Å². The molecule has 4 N–H and O–H groups in total. The van der Waals surface area contributed by atoms with Crippen LogP contribution in [-0.2, 0) is 9.53 Å². The van der Waals surface area contributed by atoms with Gasteiger partial charge in [0.25, 0.3) is 0 Å². The fourth-order valence-corrected chi connectivity index (χ4v) is 6.30. The minimum absolute atomic E-state index is 0.000338. The first-order chi connectivity index (χ1) is 15.7. The van der Waals surface area contributed by atoms with E-state index in [1.807, 2.05) is 39.2 Å². The molecule has 7 nitrogen and oxygen atoms in total. The van der Waals surface area contributed by atoms with Crippen LogP contribution in [0.3, 0.4) is 0 Å². The highest BCUT2D eigenvalue weighted by molar-refractivity contribution is 5.78. The van der Waals surface area contributed by atoms with E-state index < -0.39 is 23.4 Å². The fraction of sp³-hybridized carbons (Fsp3) is 0.731. The van der Waals surface area contributed by atoms with Crippen molar-refractivity contribution in [2.75, 3.05) is 33.7 Å². The highest BCUT2D eigenvalue weighted by Gasteiger charge is 2.57. The van der Waals surface area contributed by atoms with Crippen LogP contribution in [0.1, 0.15) is 56.9 Å². The molecule has 4 rings (SSSR count). The van der Waals surface area contributed by atoms with Crippen molar-refractivity contribution in [2.24, 2.45) is 5.92 Å². The quantitative estimate of drug-likeness (QED) is 0.517. The zero-order valence-corrected chi connectivity index (χ0v) is 20.3. The van der Waals surface area contributed by atoms with Gasteiger partial charge in [0.15, 0.2) is 0 Å². The zero-order valence-electron chi connectivity index (χ0n) is 20.3. The molecule has 3 heterocycles. The first-order valence-electron chi connectivity index (χ1n) is 12.5. The van der Waals surface area contributed by atoms with Gasteiger partial charge in [-0.2, -0.15) is 0 Å². The lowest BCUT2D eigenvalue weighted by Gasteiger charge is -2.52. The van der Waals surface area contributed by atoms with E-state index in [-0.39, 0.29) is 30.3 Å². The van der Waals surface area contributed by atoms with Gasteiger partial charge in [-0.3, -0.25) is 4.79 Å². The third kappa shape index (κ3) is 5.13. The van der Waals surface area contributed by atoms with Crippen LogP contribution >= 0.6 is 0 Å². The van der Waals surface area contributed by atoms with Gasteiger partial charge in [0.05, 0.1) is 17.3 Å². The lowest BCUT2D eigenvalue weighted by molar-refractivity contribution is -0.250. The minimum Gasteiger partial charge on any atom is -0.388 e. The average molecular weight is 460 g/mol. The molecule has 3 aliphatic heterocycles. The minimum atomic E-state index is -0.845. The van der Waals surface area contributed by atoms with Crippen LogP contribution in [0.5, 0.6) is 0 Å². The number of hydrogen-bond acceptors (Lipinski definition) is 6. The summed E-state index contributed by atoms with van der Waals surface area (Å²) in [6, 6.07) is 10.3. The summed E-state index contributed by atoms with van der Waals surface area (Å²) in [4.78, 5) is 14.8. The molecule has 1 aromatic carbocycles. The molecular weight excluding hydrogens is 418 g/mol. The lowest BCUT2D eigenvalue weighted by atomic mass is 9.72. The molecule has 3 fully saturated rings. The Morgan fingerprint density at radius 3 is 2.58 bits per heavy atom. The highest BCUT2D eigenvalue weighted by Crippen LogP contribution is 2.51. The molecule has 6 atom stereocenters. The van der Waals surface area contributed by atoms with Crippen LogP contribution in [0, 0.1) is 5.92 Å². The van der Waals surface area contributed by atoms with Crippen LogP contribution in [-0.4, -0.2) is 84.2 Å². The smallest absolute Gasteiger partial charge is 0.223 e. The van der Waals surface area contributed by atoms with E-state index in [1.165, 1.54) is 5.56 Å². The van der Waals surface area contributed by atoms with Crippen LogP contribution < -0.4 is 10.6 Å². The summed E-state index contributed by atoms with van der Waals surface area (Å²) in [5.74, 6) is 0.180. The molecule has 0 aromatic heterocycles. The van der Waals surface area contributed by atoms with E-state index in [0.29, 0.717) is 19.3 Å². The van der Waals surface area contributed by atoms with Crippen molar-refractivity contribution in [2.45, 2.75) is 80.8 Å². The normalized spacial score (nSPS) is 36.2. The summed E-state index contributed by atoms with van der Waals surface area (Å²) >= 11 is 0. The fourth-order valence-electron chi connectivity index (χ4n) is 6.30. The Balaban J connectivity index is 1.57. The Kier molecular flexibility index (Phi) is 7.46. The van der Waals surface area contributed by atoms with Crippen molar-refractivity contribution >= 4 is 5.91 Å². The number of fused-ring (bicyclic) bond motifs is 2. The van der Waals surface area contributed by atoms with Gasteiger partial charge >= 0.3 is 0 Å². The molecule has 0 aliphatic carbocycles. The maximum Gasteiger partial charge on any atom is 0.223 e. The third-order valence-corrected chi connectivity index (χ3v) is 8.25. The van der Waals surface area contributed by atoms with Crippen molar-refractivity contribution in [1.82, 2.24) is 15.5 Å². The lowest BCUT2D eigenvalue weighted by Crippen LogP contribution is -2.61. The van der Waals surface area contributed by atoms with Gasteiger partial charge in [0.1, 0.15) is 6.10 Å². The number of hydrogen-bond donors (Lipinski definition) is 4. The Bertz CT molecular complexity index is 800. The van der Waals surface area contributed by atoms with Gasteiger partial charge in [-0.25, -0.2) is 0 Å². The topological polar surface area (TPSA) is 94.1 Å². The van der Waals surface area contributed by atoms with Crippen molar-refractivity contribution in [1.29, 1.82) is 0 Å². The van der Waals surface area contributed by atoms with Crippen molar-refractivity contribution in [3.05, 3.63) is 35.9 Å². The number of piperidine rings is 1. The predicted octanol–water partition coefficient (Wildman–Crippen LogP) is 1.64. The molecule has 0 unspecified atom stereocenters. The SMILES string of the molecule is CN(C)[C@@H]1CC[C@@]2([C@H](O)CNC(=O)C3CCNCC3)C[C@H](c3ccccc3)C[C@](C)(O2)[C@H]1O. The number of nitrogens with one attached hydrogen (secondary N) is 2. The van der Waals surface area contributed by atoms with Gasteiger partial charge in [-0.1, -0.05) is 30.3 Å². The Hall–Kier alpha value is -1.51. The molecule has 1 aromatic rings. The first kappa shape index (κ1) is 24.6. The molecule has 0 radical (unpaired) electrons. The van der Waals surface area contributed by atoms with E-state index >= 15 is 0 Å². The first-order valence-corrected chi connectivity index (χ1v) is 12.5. The van der Waals surface area contributed by atoms with Crippen LogP contribution in [0.2, 0.25) is 0 Å². The van der Waals surface area contributed by atoms with Crippen LogP contribution in [0.4, 0.5) is 0 Å². The molecule has 0 spiro atoms. The summed E-state index contributed by atoms with van der Waals surface area (Å²) < 4.78 is 6.72. The number of carbonyl (C=O) groups excluding carboxylic acids is 1. The molecule has 2 bridgehead atoms. The summed E-state index contributed by atoms with van der Waals surface area (Å²) in [5.41, 5.74) is -0.400. The van der Waals surface area contributed by atoms with Crippen molar-refractivity contribution in [3.63, 3.8) is 0 Å². The summed E-state index contributed by atoms with van der Waals surface area (Å²) in [6.45, 7) is 3.87. The number of ether oxygens (including phenoxy) is 1. The number of carbonyl (C=O) groups is 1. The van der Waals surface area contributed by atoms with Crippen LogP contribution in [0.25, 0.3) is 0 Å². The number of aliphatic hydroxyl groups is 2. The van der Waals surface area contributed by atoms with Gasteiger partial charge in [-0.05, 0) is 84.1 Å². The van der Waals surface area contributed by atoms with Crippen molar-refractivity contribution < 1.29 is 19.7 Å². The second-order valence-electron chi connectivity index (χ2n) is 10.8. The summed E-state index contributed by atoms with van der Waals surface area (Å²) in [6.07, 6.45) is 2.87. The Morgan fingerprint density at radius 1 is 1.21 bits per heavy atom. The van der Waals surface area contributed by atoms with E-state index in [1.54, 1.807) is 0 Å². The predicted molar refractivity (Wildman–Crippen MR) is 128 cm³/mol. The van der Waals surface area contributed by atoms with E-state index in [2.05, 4.69) is 27.7 Å². The van der Waals surface area contributed by atoms with Gasteiger partial charge in [-0.15, -0.1) is 0 Å². The maximum atomic E-state index is 12.7. The molecule has 3 aliphatic rings. The van der Waals surface area contributed by atoms with Gasteiger partial charge in [0.2, 0.25) is 5.91 Å². The second kappa shape index (κ2) is 10.0. The standard InChI is InChI=1S/C26H41N3O4/c1-25-15-20(18-7-5-4-6-8-18)16-26(33-25,12-9-21(23(25)31)29(2)3)22(30)17-28-24(32)19-10-13-27-14-11-19/h4-8,19-23,27,30-31H,9-17H2,1-3H3,(H,28,32)/t20-,21-,22-,23+,25+,26+/m1/s1. The second-order valence-corrected chi connectivity index (χ2v) is 10.8. The van der Waals surface area contributed by atoms with Gasteiger partial charge < -0.3 is 30.5 Å². The maximum absolute atomic E-state index is 12.7. The number of amides is 1. The summed E-state index contributed by atoms with van der Waals surface area (Å²) in [7, 11) is 3.98. The third-order valence-electron chi connectivity index (χ3n) is 8.25. The van der Waals surface area contributed by atoms with E-state index in [0.717, 1.165) is 32.4 Å². The molecular formula is C26H41N3O4. The van der Waals surface area contributed by atoms with Crippen LogP contribution in [0.15, 0.2) is 30.3 Å². The molecule has 7 heteroatoms. The van der Waals surface area contributed by atoms with Crippen molar-refractivity contribution in [3.8, 4) is 0 Å².